The maximum atomic E-state index is 13.7. The van der Waals surface area contributed by atoms with Crippen molar-refractivity contribution < 1.29 is 29.3 Å². The van der Waals surface area contributed by atoms with Crippen LogP contribution < -0.4 is 10.1 Å². The summed E-state index contributed by atoms with van der Waals surface area (Å²) < 4.78 is 12.9. The average molecular weight is 620 g/mol. The average Bonchev–Trinajstić information content (AvgIpc) is 3.42. The molecule has 2 aromatic rings. The van der Waals surface area contributed by atoms with E-state index in [0.29, 0.717) is 24.5 Å². The first-order valence-electron chi connectivity index (χ1n) is 12.6. The number of benzene rings is 2. The number of carbonyl (C=O) groups is 2. The van der Waals surface area contributed by atoms with E-state index in [9.17, 15) is 19.8 Å². The maximum absolute atomic E-state index is 13.7. The minimum atomic E-state index is -1.06. The fraction of sp³-hybridized carbons (Fsp3) is 0.429. The minimum Gasteiger partial charge on any atom is -0.482 e. The summed E-state index contributed by atoms with van der Waals surface area (Å²) in [7, 11) is 0. The van der Waals surface area contributed by atoms with Crippen molar-refractivity contribution in [3.63, 3.8) is 0 Å². The molecule has 0 aromatic heterocycles. The van der Waals surface area contributed by atoms with Crippen LogP contribution in [-0.4, -0.2) is 77.6 Å². The Balaban J connectivity index is 1.64. The van der Waals surface area contributed by atoms with Gasteiger partial charge in [-0.3, -0.25) is 9.59 Å². The topological polar surface area (TPSA) is 108 Å². The standard InChI is InChI=1S/C28H33IN2O6/c29-22-10-4-5-11-24(22)37-25-17-20(28(35)30-12-13-32)16-23(27(25)34)31(18-21-9-6-14-36-21)26(33)15-19-7-2-1-3-8-19/h1-5,7-8,10-11,17,21,23,25,27,32,34H,6,9,12-16,18H2,(H,30,35). The number of rotatable bonds is 10. The first kappa shape index (κ1) is 27.6. The molecule has 1 aliphatic heterocycles. The summed E-state index contributed by atoms with van der Waals surface area (Å²) in [6.07, 6.45) is 1.69. The number of hydrogen-bond donors (Lipinski definition) is 3. The highest BCUT2D eigenvalue weighted by molar-refractivity contribution is 14.1. The van der Waals surface area contributed by atoms with Crippen molar-refractivity contribution in [2.45, 2.75) is 50.0 Å². The third-order valence-electron chi connectivity index (χ3n) is 6.66. The summed E-state index contributed by atoms with van der Waals surface area (Å²) in [6.45, 7) is 0.895. The van der Waals surface area contributed by atoms with E-state index in [0.717, 1.165) is 22.0 Å². The predicted molar refractivity (Wildman–Crippen MR) is 147 cm³/mol. The number of halogens is 1. The Kier molecular flexibility index (Phi) is 9.95. The fourth-order valence-corrected chi connectivity index (χ4v) is 5.28. The van der Waals surface area contributed by atoms with Crippen LogP contribution in [0.1, 0.15) is 24.8 Å². The number of ether oxygens (including phenoxy) is 2. The smallest absolute Gasteiger partial charge is 0.247 e. The normalized spacial score (nSPS) is 23.3. The molecule has 2 aromatic carbocycles. The van der Waals surface area contributed by atoms with Gasteiger partial charge in [-0.2, -0.15) is 0 Å². The quantitative estimate of drug-likeness (QED) is 0.353. The molecule has 0 radical (unpaired) electrons. The number of carbonyl (C=O) groups excluding carboxylic acids is 2. The van der Waals surface area contributed by atoms with Crippen molar-refractivity contribution in [3.8, 4) is 5.75 Å². The number of amides is 2. The van der Waals surface area contributed by atoms with Gasteiger partial charge in [0, 0.05) is 31.7 Å². The second-order valence-corrected chi connectivity index (χ2v) is 10.5. The van der Waals surface area contributed by atoms with E-state index in [2.05, 4.69) is 27.9 Å². The number of para-hydroxylation sites is 1. The predicted octanol–water partition coefficient (Wildman–Crippen LogP) is 2.46. The first-order chi connectivity index (χ1) is 18.0. The number of nitrogens with one attached hydrogen (secondary N) is 1. The molecule has 198 valence electrons. The monoisotopic (exact) mass is 620 g/mol. The van der Waals surface area contributed by atoms with E-state index < -0.39 is 18.2 Å². The molecular weight excluding hydrogens is 587 g/mol. The SMILES string of the molecule is O=C(NCCO)C1=CC(Oc2ccccc2I)C(O)C(N(CC2CCCO2)C(=O)Cc2ccccc2)C1. The molecule has 3 N–H and O–H groups in total. The number of aliphatic hydroxyl groups is 2. The van der Waals surface area contributed by atoms with Gasteiger partial charge in [-0.1, -0.05) is 42.5 Å². The molecule has 4 unspecified atom stereocenters. The molecule has 1 heterocycles. The van der Waals surface area contributed by atoms with Crippen LogP contribution in [0.15, 0.2) is 66.2 Å². The van der Waals surface area contributed by atoms with E-state index >= 15 is 0 Å². The molecule has 37 heavy (non-hydrogen) atoms. The first-order valence-corrected chi connectivity index (χ1v) is 13.7. The van der Waals surface area contributed by atoms with E-state index in [1.54, 1.807) is 11.0 Å². The van der Waals surface area contributed by atoms with Gasteiger partial charge in [0.15, 0.2) is 0 Å². The zero-order valence-corrected chi connectivity index (χ0v) is 22.7. The lowest BCUT2D eigenvalue weighted by atomic mass is 9.87. The van der Waals surface area contributed by atoms with Crippen molar-refractivity contribution in [1.82, 2.24) is 10.2 Å². The van der Waals surface area contributed by atoms with Gasteiger partial charge < -0.3 is 29.9 Å². The summed E-state index contributed by atoms with van der Waals surface area (Å²) in [5, 5.41) is 23.4. The van der Waals surface area contributed by atoms with E-state index in [1.807, 2.05) is 54.6 Å². The Morgan fingerprint density at radius 1 is 1.14 bits per heavy atom. The van der Waals surface area contributed by atoms with Crippen LogP contribution in [-0.2, 0) is 20.7 Å². The van der Waals surface area contributed by atoms with Crippen molar-refractivity contribution in [1.29, 1.82) is 0 Å². The van der Waals surface area contributed by atoms with Crippen molar-refractivity contribution in [2.24, 2.45) is 0 Å². The Hall–Kier alpha value is -2.47. The Labute approximate surface area is 230 Å². The highest BCUT2D eigenvalue weighted by Gasteiger charge is 2.41. The lowest BCUT2D eigenvalue weighted by molar-refractivity contribution is -0.140. The van der Waals surface area contributed by atoms with Crippen LogP contribution in [0.3, 0.4) is 0 Å². The lowest BCUT2D eigenvalue weighted by Crippen LogP contribution is -2.57. The van der Waals surface area contributed by atoms with Gasteiger partial charge in [-0.25, -0.2) is 0 Å². The summed E-state index contributed by atoms with van der Waals surface area (Å²) >= 11 is 2.16. The van der Waals surface area contributed by atoms with E-state index in [1.165, 1.54) is 0 Å². The van der Waals surface area contributed by atoms with Gasteiger partial charge >= 0.3 is 0 Å². The number of hydrogen-bond acceptors (Lipinski definition) is 6. The van der Waals surface area contributed by atoms with Gasteiger partial charge in [0.05, 0.1) is 28.7 Å². The molecule has 0 spiro atoms. The molecule has 1 aliphatic carbocycles. The zero-order valence-electron chi connectivity index (χ0n) is 20.6. The van der Waals surface area contributed by atoms with Crippen LogP contribution >= 0.6 is 22.6 Å². The van der Waals surface area contributed by atoms with Gasteiger partial charge in [-0.05, 0) is 59.2 Å². The third kappa shape index (κ3) is 7.31. The highest BCUT2D eigenvalue weighted by atomic mass is 127. The van der Waals surface area contributed by atoms with Gasteiger partial charge in [0.25, 0.3) is 0 Å². The second kappa shape index (κ2) is 13.4. The van der Waals surface area contributed by atoms with E-state index in [4.69, 9.17) is 9.47 Å². The van der Waals surface area contributed by atoms with Crippen molar-refractivity contribution in [3.05, 3.63) is 75.4 Å². The summed E-state index contributed by atoms with van der Waals surface area (Å²) in [4.78, 5) is 28.3. The number of aliphatic hydroxyl groups excluding tert-OH is 2. The summed E-state index contributed by atoms with van der Waals surface area (Å²) in [5.74, 6) is 0.0890. The van der Waals surface area contributed by atoms with Gasteiger partial charge in [-0.15, -0.1) is 0 Å². The van der Waals surface area contributed by atoms with Crippen LogP contribution in [0.5, 0.6) is 5.75 Å². The lowest BCUT2D eigenvalue weighted by Gasteiger charge is -2.41. The fourth-order valence-electron chi connectivity index (χ4n) is 4.77. The molecular formula is C28H33IN2O6. The third-order valence-corrected chi connectivity index (χ3v) is 7.55. The molecule has 1 saturated heterocycles. The van der Waals surface area contributed by atoms with Gasteiger partial charge in [0.1, 0.15) is 18.0 Å². The molecule has 4 atom stereocenters. The van der Waals surface area contributed by atoms with Crippen molar-refractivity contribution in [2.75, 3.05) is 26.3 Å². The minimum absolute atomic E-state index is 0.109. The van der Waals surface area contributed by atoms with E-state index in [-0.39, 0.29) is 43.9 Å². The Morgan fingerprint density at radius 2 is 1.89 bits per heavy atom. The molecule has 2 aliphatic rings. The molecule has 9 heteroatoms. The molecule has 1 fully saturated rings. The van der Waals surface area contributed by atoms with Crippen LogP contribution in [0.25, 0.3) is 0 Å². The molecule has 0 saturated carbocycles. The van der Waals surface area contributed by atoms with Crippen molar-refractivity contribution >= 4 is 34.4 Å². The number of nitrogens with zero attached hydrogens (tertiary/aromatic N) is 1. The van der Waals surface area contributed by atoms with Crippen LogP contribution in [0.2, 0.25) is 0 Å². The summed E-state index contributed by atoms with van der Waals surface area (Å²) in [5.41, 5.74) is 1.28. The zero-order chi connectivity index (χ0) is 26.2. The Bertz CT molecular complexity index is 1090. The van der Waals surface area contributed by atoms with Crippen LogP contribution in [0, 0.1) is 3.57 Å². The highest BCUT2D eigenvalue weighted by Crippen LogP contribution is 2.31. The Morgan fingerprint density at radius 3 is 2.59 bits per heavy atom. The largest absolute Gasteiger partial charge is 0.482 e. The molecule has 0 bridgehead atoms. The maximum Gasteiger partial charge on any atom is 0.247 e. The van der Waals surface area contributed by atoms with Gasteiger partial charge in [0.2, 0.25) is 11.8 Å². The summed E-state index contributed by atoms with van der Waals surface area (Å²) in [6, 6.07) is 16.2. The molecule has 4 rings (SSSR count). The second-order valence-electron chi connectivity index (χ2n) is 9.29. The van der Waals surface area contributed by atoms with Crippen LogP contribution in [0.4, 0.5) is 0 Å². The molecule has 8 nitrogen and oxygen atoms in total. The molecule has 2 amide bonds.